The van der Waals surface area contributed by atoms with Crippen LogP contribution in [0.3, 0.4) is 0 Å². The molecule has 0 atom stereocenters. The summed E-state index contributed by atoms with van der Waals surface area (Å²) in [4.78, 5) is 9.64. The van der Waals surface area contributed by atoms with Gasteiger partial charge >= 0.3 is 0 Å². The van der Waals surface area contributed by atoms with E-state index in [-0.39, 0.29) is 0 Å². The Hall–Kier alpha value is -1.76. The Labute approximate surface area is 130 Å². The van der Waals surface area contributed by atoms with Crippen molar-refractivity contribution in [1.29, 1.82) is 0 Å². The molecule has 0 aliphatic carbocycles. The number of halogens is 1. The third-order valence-corrected chi connectivity index (χ3v) is 4.52. The number of hydrogen-bond acceptors (Lipinski definition) is 6. The van der Waals surface area contributed by atoms with Crippen LogP contribution >= 0.6 is 22.9 Å². The first kappa shape index (κ1) is 14.2. The fraction of sp³-hybridized carbons (Fsp3) is 0.214. The van der Waals surface area contributed by atoms with Crippen LogP contribution in [0.5, 0.6) is 0 Å². The molecule has 21 heavy (non-hydrogen) atoms. The summed E-state index contributed by atoms with van der Waals surface area (Å²) < 4.78 is 5.33. The van der Waals surface area contributed by atoms with Gasteiger partial charge in [0.2, 0.25) is 0 Å². The highest BCUT2D eigenvalue weighted by molar-refractivity contribution is 7.15. The molecule has 3 aromatic rings. The first-order chi connectivity index (χ1) is 10.2. The van der Waals surface area contributed by atoms with Gasteiger partial charge in [-0.3, -0.25) is 0 Å². The second-order valence-electron chi connectivity index (χ2n) is 4.51. The zero-order valence-corrected chi connectivity index (χ0v) is 12.9. The number of hydrogen-bond donors (Lipinski definition) is 1. The van der Waals surface area contributed by atoms with Gasteiger partial charge in [0, 0.05) is 18.0 Å². The predicted octanol–water partition coefficient (Wildman–Crippen LogP) is 3.20. The van der Waals surface area contributed by atoms with Gasteiger partial charge in [0.1, 0.15) is 9.88 Å². The first-order valence-corrected chi connectivity index (χ1v) is 7.59. The van der Waals surface area contributed by atoms with Crippen LogP contribution in [0.2, 0.25) is 5.02 Å². The molecule has 2 N–H and O–H groups in total. The van der Waals surface area contributed by atoms with Gasteiger partial charge in [-0.2, -0.15) is 4.98 Å². The standard InChI is InChI=1S/C14H13ClN4OS/c1-8-13(21-12(7-16)17-8)14-18-11(19-20-14)6-9-4-2-3-5-10(9)15/h2-5H,6-7,16H2,1H3. The van der Waals surface area contributed by atoms with E-state index in [1.54, 1.807) is 0 Å². The lowest BCUT2D eigenvalue weighted by atomic mass is 10.1. The summed E-state index contributed by atoms with van der Waals surface area (Å²) in [5.41, 5.74) is 7.42. The highest BCUT2D eigenvalue weighted by Crippen LogP contribution is 2.29. The van der Waals surface area contributed by atoms with Crippen molar-refractivity contribution in [2.45, 2.75) is 19.9 Å². The largest absolute Gasteiger partial charge is 0.333 e. The molecule has 0 spiro atoms. The molecule has 0 aliphatic heterocycles. The topological polar surface area (TPSA) is 77.8 Å². The highest BCUT2D eigenvalue weighted by atomic mass is 35.5. The smallest absolute Gasteiger partial charge is 0.269 e. The summed E-state index contributed by atoms with van der Waals surface area (Å²) in [6.07, 6.45) is 0.533. The molecular formula is C14H13ClN4OS. The van der Waals surface area contributed by atoms with Crippen LogP contribution in [0.1, 0.15) is 22.1 Å². The number of rotatable bonds is 4. The summed E-state index contributed by atoms with van der Waals surface area (Å²) in [6, 6.07) is 7.62. The van der Waals surface area contributed by atoms with Crippen LogP contribution in [0.15, 0.2) is 28.8 Å². The normalized spacial score (nSPS) is 11.0. The van der Waals surface area contributed by atoms with Crippen LogP contribution in [0.4, 0.5) is 0 Å². The maximum atomic E-state index is 6.14. The Balaban J connectivity index is 1.86. The van der Waals surface area contributed by atoms with E-state index in [0.29, 0.717) is 29.7 Å². The molecule has 0 saturated heterocycles. The molecule has 1 aromatic carbocycles. The van der Waals surface area contributed by atoms with Crippen molar-refractivity contribution in [1.82, 2.24) is 15.1 Å². The molecule has 0 unspecified atom stereocenters. The minimum Gasteiger partial charge on any atom is -0.333 e. The van der Waals surface area contributed by atoms with Crippen LogP contribution in [0.25, 0.3) is 10.8 Å². The molecule has 0 radical (unpaired) electrons. The highest BCUT2D eigenvalue weighted by Gasteiger charge is 2.16. The van der Waals surface area contributed by atoms with Crippen LogP contribution in [0, 0.1) is 6.92 Å². The Kier molecular flexibility index (Phi) is 4.01. The van der Waals surface area contributed by atoms with E-state index in [1.165, 1.54) is 11.3 Å². The monoisotopic (exact) mass is 320 g/mol. The van der Waals surface area contributed by atoms with E-state index in [4.69, 9.17) is 21.9 Å². The molecule has 2 heterocycles. The lowest BCUT2D eigenvalue weighted by Gasteiger charge is -1.98. The second-order valence-corrected chi connectivity index (χ2v) is 6.00. The number of nitrogens with zero attached hydrogens (tertiary/aromatic N) is 3. The van der Waals surface area contributed by atoms with Crippen molar-refractivity contribution in [2.75, 3.05) is 0 Å². The summed E-state index contributed by atoms with van der Waals surface area (Å²) >= 11 is 7.61. The van der Waals surface area contributed by atoms with Crippen molar-refractivity contribution in [3.05, 3.63) is 51.4 Å². The molecule has 2 aromatic heterocycles. The van der Waals surface area contributed by atoms with Crippen LogP contribution < -0.4 is 5.73 Å². The molecule has 0 amide bonds. The third-order valence-electron chi connectivity index (χ3n) is 2.98. The second kappa shape index (κ2) is 5.93. The Morgan fingerprint density at radius 2 is 2.10 bits per heavy atom. The average Bonchev–Trinajstić information content (AvgIpc) is 3.07. The van der Waals surface area contributed by atoms with Gasteiger partial charge in [-0.25, -0.2) is 4.98 Å². The summed E-state index contributed by atoms with van der Waals surface area (Å²) in [6.45, 7) is 2.31. The lowest BCUT2D eigenvalue weighted by molar-refractivity contribution is 0.424. The van der Waals surface area contributed by atoms with E-state index in [2.05, 4.69) is 15.1 Å². The fourth-order valence-electron chi connectivity index (χ4n) is 1.97. The number of nitrogens with two attached hydrogens (primary N) is 1. The molecular weight excluding hydrogens is 308 g/mol. The predicted molar refractivity (Wildman–Crippen MR) is 82.3 cm³/mol. The summed E-state index contributed by atoms with van der Waals surface area (Å²) in [5, 5.41) is 5.56. The minimum atomic E-state index is 0.409. The molecule has 5 nitrogen and oxygen atoms in total. The Morgan fingerprint density at radius 1 is 1.29 bits per heavy atom. The average molecular weight is 321 g/mol. The minimum absolute atomic E-state index is 0.409. The van der Waals surface area contributed by atoms with Gasteiger partial charge in [-0.15, -0.1) is 11.3 Å². The maximum Gasteiger partial charge on any atom is 0.269 e. The van der Waals surface area contributed by atoms with Gasteiger partial charge in [0.05, 0.1) is 5.69 Å². The molecule has 0 bridgehead atoms. The number of thiazole rings is 1. The van der Waals surface area contributed by atoms with Gasteiger partial charge in [0.25, 0.3) is 5.89 Å². The SMILES string of the molecule is Cc1nc(CN)sc1-c1nc(Cc2ccccc2Cl)no1. The van der Waals surface area contributed by atoms with E-state index in [1.807, 2.05) is 31.2 Å². The number of benzene rings is 1. The molecule has 0 saturated carbocycles. The molecule has 0 aliphatic rings. The van der Waals surface area contributed by atoms with E-state index in [0.717, 1.165) is 21.1 Å². The van der Waals surface area contributed by atoms with Gasteiger partial charge in [-0.1, -0.05) is 35.0 Å². The zero-order chi connectivity index (χ0) is 14.8. The van der Waals surface area contributed by atoms with Crippen molar-refractivity contribution in [3.8, 4) is 10.8 Å². The molecule has 0 fully saturated rings. The van der Waals surface area contributed by atoms with Crippen LogP contribution in [-0.4, -0.2) is 15.1 Å². The summed E-state index contributed by atoms with van der Waals surface area (Å²) in [7, 11) is 0. The maximum absolute atomic E-state index is 6.14. The van der Waals surface area contributed by atoms with Crippen molar-refractivity contribution in [2.24, 2.45) is 5.73 Å². The quantitative estimate of drug-likeness (QED) is 0.798. The Bertz CT molecular complexity index is 768. The zero-order valence-electron chi connectivity index (χ0n) is 11.3. The molecule has 108 valence electrons. The fourth-order valence-corrected chi connectivity index (χ4v) is 3.04. The van der Waals surface area contributed by atoms with Crippen molar-refractivity contribution >= 4 is 22.9 Å². The summed E-state index contributed by atoms with van der Waals surface area (Å²) in [5.74, 6) is 1.08. The lowest BCUT2D eigenvalue weighted by Crippen LogP contribution is -1.94. The third kappa shape index (κ3) is 2.97. The number of aryl methyl sites for hydroxylation is 1. The van der Waals surface area contributed by atoms with E-state index in [9.17, 15) is 0 Å². The van der Waals surface area contributed by atoms with Gasteiger partial charge < -0.3 is 10.3 Å². The van der Waals surface area contributed by atoms with Gasteiger partial charge in [0.15, 0.2) is 5.82 Å². The van der Waals surface area contributed by atoms with Crippen molar-refractivity contribution < 1.29 is 4.52 Å². The number of aromatic nitrogens is 3. The molecule has 7 heteroatoms. The first-order valence-electron chi connectivity index (χ1n) is 6.40. The van der Waals surface area contributed by atoms with Crippen LogP contribution in [-0.2, 0) is 13.0 Å². The molecule has 3 rings (SSSR count). The van der Waals surface area contributed by atoms with Crippen molar-refractivity contribution in [3.63, 3.8) is 0 Å². The Morgan fingerprint density at radius 3 is 2.81 bits per heavy atom. The van der Waals surface area contributed by atoms with E-state index < -0.39 is 0 Å². The van der Waals surface area contributed by atoms with Gasteiger partial charge in [-0.05, 0) is 18.6 Å². The van der Waals surface area contributed by atoms with E-state index >= 15 is 0 Å².